The Morgan fingerprint density at radius 2 is 2.56 bits per heavy atom. The fraction of sp³-hybridized carbons (Fsp3) is 0.750. The van der Waals surface area contributed by atoms with Crippen LogP contribution >= 0.6 is 0 Å². The molecule has 0 atom stereocenters. The summed E-state index contributed by atoms with van der Waals surface area (Å²) in [5.74, 6) is 0. The van der Waals surface area contributed by atoms with Crippen molar-refractivity contribution in [2.45, 2.75) is 26.2 Å². The van der Waals surface area contributed by atoms with Gasteiger partial charge in [0.2, 0.25) is 0 Å². The van der Waals surface area contributed by atoms with Gasteiger partial charge >= 0.3 is 0 Å². The lowest BCUT2D eigenvalue weighted by atomic mass is 10.2. The van der Waals surface area contributed by atoms with Crippen LogP contribution in [-0.4, -0.2) is 13.1 Å². The molecule has 0 unspecified atom stereocenters. The van der Waals surface area contributed by atoms with Crippen LogP contribution in [0.2, 0.25) is 0 Å². The van der Waals surface area contributed by atoms with Gasteiger partial charge in [0.25, 0.3) is 0 Å². The lowest BCUT2D eigenvalue weighted by Crippen LogP contribution is -2.15. The van der Waals surface area contributed by atoms with E-state index >= 15 is 0 Å². The second kappa shape index (κ2) is 3.67. The predicted octanol–water partition coefficient (Wildman–Crippen LogP) is 1.71. The van der Waals surface area contributed by atoms with Crippen molar-refractivity contribution in [2.24, 2.45) is 0 Å². The molecule has 0 amide bonds. The normalized spacial score (nSPS) is 20.8. The maximum atomic E-state index is 3.38. The van der Waals surface area contributed by atoms with Crippen molar-refractivity contribution < 1.29 is 0 Å². The Morgan fingerprint density at radius 1 is 1.67 bits per heavy atom. The first-order valence-corrected chi connectivity index (χ1v) is 3.82. The van der Waals surface area contributed by atoms with E-state index in [4.69, 9.17) is 0 Å². The number of hydrogen-bond acceptors (Lipinski definition) is 1. The van der Waals surface area contributed by atoms with Crippen LogP contribution in [0.4, 0.5) is 0 Å². The molecule has 9 heavy (non-hydrogen) atoms. The van der Waals surface area contributed by atoms with Crippen molar-refractivity contribution >= 4 is 0 Å². The Hall–Kier alpha value is -0.300. The molecule has 0 radical (unpaired) electrons. The summed E-state index contributed by atoms with van der Waals surface area (Å²) in [6, 6.07) is 0. The van der Waals surface area contributed by atoms with Gasteiger partial charge in [-0.1, -0.05) is 18.6 Å². The molecule has 1 heterocycles. The Labute approximate surface area is 57.1 Å². The smallest absolute Gasteiger partial charge is 0.0164 e. The van der Waals surface area contributed by atoms with E-state index in [1.165, 1.54) is 25.8 Å². The molecule has 1 aliphatic heterocycles. The first-order chi connectivity index (χ1) is 4.43. The maximum Gasteiger partial charge on any atom is 0.0164 e. The summed E-state index contributed by atoms with van der Waals surface area (Å²) in [6.45, 7) is 4.54. The number of allylic oxidation sites excluding steroid dienone is 1. The van der Waals surface area contributed by atoms with Crippen molar-refractivity contribution in [1.82, 2.24) is 5.32 Å². The van der Waals surface area contributed by atoms with E-state index in [1.807, 2.05) is 0 Å². The van der Waals surface area contributed by atoms with Gasteiger partial charge in [0, 0.05) is 6.54 Å². The summed E-state index contributed by atoms with van der Waals surface area (Å²) in [6.07, 6.45) is 6.17. The standard InChI is InChI=1S/C8H15N/c1-2-8-5-3-4-6-9-7-8/h5,9H,2-4,6-7H2,1H3. The zero-order valence-electron chi connectivity index (χ0n) is 6.11. The first-order valence-electron chi connectivity index (χ1n) is 3.82. The van der Waals surface area contributed by atoms with Gasteiger partial charge in [-0.2, -0.15) is 0 Å². The zero-order valence-corrected chi connectivity index (χ0v) is 6.11. The highest BCUT2D eigenvalue weighted by Crippen LogP contribution is 2.05. The van der Waals surface area contributed by atoms with E-state index in [-0.39, 0.29) is 0 Å². The van der Waals surface area contributed by atoms with Crippen molar-refractivity contribution in [1.29, 1.82) is 0 Å². The third-order valence-corrected chi connectivity index (χ3v) is 1.80. The highest BCUT2D eigenvalue weighted by atomic mass is 14.8. The summed E-state index contributed by atoms with van der Waals surface area (Å²) in [5, 5.41) is 3.38. The highest BCUT2D eigenvalue weighted by Gasteiger charge is 1.97. The molecule has 1 nitrogen and oxygen atoms in total. The van der Waals surface area contributed by atoms with E-state index in [9.17, 15) is 0 Å². The Bertz CT molecular complexity index is 105. The summed E-state index contributed by atoms with van der Waals surface area (Å²) in [4.78, 5) is 0. The SMILES string of the molecule is CCC1=CCCCNC1. The van der Waals surface area contributed by atoms with Gasteiger partial charge in [-0.05, 0) is 25.8 Å². The number of hydrogen-bond donors (Lipinski definition) is 1. The molecule has 1 aliphatic rings. The molecule has 0 aromatic rings. The first kappa shape index (κ1) is 6.81. The Balaban J connectivity index is 2.37. The Morgan fingerprint density at radius 3 is 3.33 bits per heavy atom. The van der Waals surface area contributed by atoms with Crippen molar-refractivity contribution in [3.8, 4) is 0 Å². The second-order valence-corrected chi connectivity index (χ2v) is 2.53. The van der Waals surface area contributed by atoms with Gasteiger partial charge in [0.1, 0.15) is 0 Å². The largest absolute Gasteiger partial charge is 0.313 e. The molecule has 1 rings (SSSR count). The van der Waals surface area contributed by atoms with Gasteiger partial charge in [-0.25, -0.2) is 0 Å². The molecule has 0 aromatic heterocycles. The highest BCUT2D eigenvalue weighted by molar-refractivity contribution is 5.04. The molecule has 0 bridgehead atoms. The average Bonchev–Trinajstić information content (AvgIpc) is 2.13. The molecule has 0 saturated carbocycles. The third kappa shape index (κ3) is 2.19. The van der Waals surface area contributed by atoms with E-state index in [1.54, 1.807) is 5.57 Å². The summed E-state index contributed by atoms with van der Waals surface area (Å²) in [5.41, 5.74) is 1.58. The average molecular weight is 125 g/mol. The van der Waals surface area contributed by atoms with Crippen LogP contribution in [0.25, 0.3) is 0 Å². The summed E-state index contributed by atoms with van der Waals surface area (Å²) >= 11 is 0. The lowest BCUT2D eigenvalue weighted by molar-refractivity contribution is 0.708. The fourth-order valence-corrected chi connectivity index (χ4v) is 1.12. The summed E-state index contributed by atoms with van der Waals surface area (Å²) < 4.78 is 0. The van der Waals surface area contributed by atoms with Crippen molar-refractivity contribution in [2.75, 3.05) is 13.1 Å². The van der Waals surface area contributed by atoms with Crippen LogP contribution in [0, 0.1) is 0 Å². The van der Waals surface area contributed by atoms with E-state index < -0.39 is 0 Å². The molecule has 0 spiro atoms. The van der Waals surface area contributed by atoms with Gasteiger partial charge < -0.3 is 5.32 Å². The minimum Gasteiger partial charge on any atom is -0.313 e. The third-order valence-electron chi connectivity index (χ3n) is 1.80. The number of rotatable bonds is 1. The molecule has 52 valence electrons. The molecule has 0 fully saturated rings. The quantitative estimate of drug-likeness (QED) is 0.526. The van der Waals surface area contributed by atoms with E-state index in [2.05, 4.69) is 18.3 Å². The maximum absolute atomic E-state index is 3.38. The molecule has 0 aromatic carbocycles. The predicted molar refractivity (Wildman–Crippen MR) is 40.5 cm³/mol. The van der Waals surface area contributed by atoms with Crippen molar-refractivity contribution in [3.05, 3.63) is 11.6 Å². The fourth-order valence-electron chi connectivity index (χ4n) is 1.12. The van der Waals surface area contributed by atoms with E-state index in [0.717, 1.165) is 6.54 Å². The van der Waals surface area contributed by atoms with Crippen LogP contribution in [0.3, 0.4) is 0 Å². The van der Waals surface area contributed by atoms with Gasteiger partial charge in [-0.15, -0.1) is 0 Å². The van der Waals surface area contributed by atoms with Crippen LogP contribution in [0.15, 0.2) is 11.6 Å². The number of nitrogens with one attached hydrogen (secondary N) is 1. The minimum atomic E-state index is 1.12. The molecule has 0 aliphatic carbocycles. The monoisotopic (exact) mass is 125 g/mol. The van der Waals surface area contributed by atoms with Crippen LogP contribution < -0.4 is 5.32 Å². The van der Waals surface area contributed by atoms with Gasteiger partial charge in [0.15, 0.2) is 0 Å². The van der Waals surface area contributed by atoms with E-state index in [0.29, 0.717) is 0 Å². The summed E-state index contributed by atoms with van der Waals surface area (Å²) in [7, 11) is 0. The molecule has 1 N–H and O–H groups in total. The van der Waals surface area contributed by atoms with Crippen LogP contribution in [-0.2, 0) is 0 Å². The van der Waals surface area contributed by atoms with Gasteiger partial charge in [0.05, 0.1) is 0 Å². The second-order valence-electron chi connectivity index (χ2n) is 2.53. The molecular weight excluding hydrogens is 110 g/mol. The van der Waals surface area contributed by atoms with Crippen LogP contribution in [0.1, 0.15) is 26.2 Å². The molecule has 1 heteroatoms. The lowest BCUT2D eigenvalue weighted by Gasteiger charge is -2.00. The minimum absolute atomic E-state index is 1.12. The zero-order chi connectivity index (χ0) is 6.53. The molecule has 0 saturated heterocycles. The van der Waals surface area contributed by atoms with Crippen LogP contribution in [0.5, 0.6) is 0 Å². The van der Waals surface area contributed by atoms with Gasteiger partial charge in [-0.3, -0.25) is 0 Å². The molecular formula is C8H15N. The van der Waals surface area contributed by atoms with Crippen molar-refractivity contribution in [3.63, 3.8) is 0 Å². The topological polar surface area (TPSA) is 12.0 Å². The Kier molecular flexibility index (Phi) is 2.78.